The standard InChI is InChI=1S/C18H18Br2N4O3/c1-21-5-7-22(8-6-21)11-27-17-4-2-3-14-18(17)24(26)16-10-13(20)12(19)9-15(16)23(14)25/h2-4,9-10H,5-8,11H2,1H3. The second-order valence-corrected chi connectivity index (χ2v) is 8.37. The van der Waals surface area contributed by atoms with Crippen LogP contribution in [0, 0.1) is 10.4 Å². The highest BCUT2D eigenvalue weighted by molar-refractivity contribution is 9.13. The molecule has 2 heterocycles. The maximum atomic E-state index is 13.0. The molecule has 7 nitrogen and oxygen atoms in total. The van der Waals surface area contributed by atoms with Gasteiger partial charge in [0.25, 0.3) is 16.6 Å². The summed E-state index contributed by atoms with van der Waals surface area (Å²) in [4.78, 5) is 4.45. The van der Waals surface area contributed by atoms with Crippen LogP contribution in [0.15, 0.2) is 39.3 Å². The number of rotatable bonds is 3. The number of halogens is 2. The molecule has 27 heavy (non-hydrogen) atoms. The fraction of sp³-hybridized carbons (Fsp3) is 0.333. The molecule has 1 aromatic heterocycles. The number of likely N-dealkylation sites (N-methyl/N-ethyl adjacent to an activating group) is 1. The van der Waals surface area contributed by atoms with Crippen LogP contribution in [-0.4, -0.2) is 49.8 Å². The first kappa shape index (κ1) is 18.7. The number of benzene rings is 2. The molecule has 0 atom stereocenters. The molecule has 1 aliphatic heterocycles. The van der Waals surface area contributed by atoms with Crippen molar-refractivity contribution < 1.29 is 14.2 Å². The average molecular weight is 498 g/mol. The van der Waals surface area contributed by atoms with E-state index < -0.39 is 0 Å². The summed E-state index contributed by atoms with van der Waals surface area (Å²) in [6.07, 6.45) is 0. The number of hydrogen-bond donors (Lipinski definition) is 0. The molecule has 0 radical (unpaired) electrons. The number of nitrogens with zero attached hydrogens (tertiary/aromatic N) is 4. The lowest BCUT2D eigenvalue weighted by molar-refractivity contribution is -0.591. The topological polar surface area (TPSA) is 69.6 Å². The molecular formula is C18H18Br2N4O3. The zero-order chi connectivity index (χ0) is 19.1. The third kappa shape index (κ3) is 3.44. The third-order valence-electron chi connectivity index (χ3n) is 4.85. The minimum absolute atomic E-state index is 0.239. The van der Waals surface area contributed by atoms with Gasteiger partial charge in [0.05, 0.1) is 0 Å². The largest absolute Gasteiger partial charge is 0.617 e. The first-order valence-electron chi connectivity index (χ1n) is 8.56. The monoisotopic (exact) mass is 496 g/mol. The Hall–Kier alpha value is -1.68. The molecule has 0 bridgehead atoms. The van der Waals surface area contributed by atoms with Gasteiger partial charge < -0.3 is 20.1 Å². The van der Waals surface area contributed by atoms with Gasteiger partial charge in [0.1, 0.15) is 6.73 Å². The van der Waals surface area contributed by atoms with Crippen LogP contribution in [-0.2, 0) is 0 Å². The van der Waals surface area contributed by atoms with Gasteiger partial charge in [-0.2, -0.15) is 9.46 Å². The van der Waals surface area contributed by atoms with E-state index in [0.29, 0.717) is 26.9 Å². The first-order valence-corrected chi connectivity index (χ1v) is 10.1. The Morgan fingerprint density at radius 1 is 0.963 bits per heavy atom. The van der Waals surface area contributed by atoms with Gasteiger partial charge in [-0.3, -0.25) is 4.90 Å². The zero-order valence-corrected chi connectivity index (χ0v) is 17.9. The summed E-state index contributed by atoms with van der Waals surface area (Å²) in [6, 6.07) is 8.37. The fourth-order valence-corrected chi connectivity index (χ4v) is 3.90. The van der Waals surface area contributed by atoms with Gasteiger partial charge in [-0.1, -0.05) is 6.07 Å². The van der Waals surface area contributed by atoms with E-state index in [1.807, 2.05) is 0 Å². The Kier molecular flexibility index (Phi) is 5.11. The van der Waals surface area contributed by atoms with E-state index >= 15 is 0 Å². The number of aromatic nitrogens is 2. The van der Waals surface area contributed by atoms with Gasteiger partial charge in [-0.25, -0.2) is 0 Å². The van der Waals surface area contributed by atoms with Crippen molar-refractivity contribution in [3.8, 4) is 5.75 Å². The molecule has 0 saturated carbocycles. The molecule has 0 aliphatic carbocycles. The van der Waals surface area contributed by atoms with E-state index in [4.69, 9.17) is 4.74 Å². The van der Waals surface area contributed by atoms with Crippen molar-refractivity contribution in [1.29, 1.82) is 0 Å². The lowest BCUT2D eigenvalue weighted by Gasteiger charge is -2.31. The summed E-state index contributed by atoms with van der Waals surface area (Å²) in [5.74, 6) is 0.409. The molecule has 9 heteroatoms. The third-order valence-corrected chi connectivity index (χ3v) is 6.70. The number of para-hydroxylation sites is 1. The van der Waals surface area contributed by atoms with Crippen LogP contribution >= 0.6 is 31.9 Å². The van der Waals surface area contributed by atoms with Gasteiger partial charge in [0, 0.05) is 53.3 Å². The van der Waals surface area contributed by atoms with E-state index in [-0.39, 0.29) is 16.6 Å². The summed E-state index contributed by atoms with van der Waals surface area (Å²) >= 11 is 6.78. The molecule has 1 aliphatic rings. The number of hydrogen-bond acceptors (Lipinski definition) is 5. The Morgan fingerprint density at radius 2 is 1.59 bits per heavy atom. The van der Waals surface area contributed by atoms with Crippen LogP contribution in [0.2, 0.25) is 0 Å². The van der Waals surface area contributed by atoms with Crippen LogP contribution in [0.3, 0.4) is 0 Å². The molecule has 1 saturated heterocycles. The van der Waals surface area contributed by atoms with Gasteiger partial charge in [0.15, 0.2) is 0 Å². The van der Waals surface area contributed by atoms with Crippen LogP contribution in [0.5, 0.6) is 5.75 Å². The quantitative estimate of drug-likeness (QED) is 0.315. The van der Waals surface area contributed by atoms with Gasteiger partial charge in [0.2, 0.25) is 5.75 Å². The lowest BCUT2D eigenvalue weighted by atomic mass is 10.2. The lowest BCUT2D eigenvalue weighted by Crippen LogP contribution is -2.46. The number of ether oxygens (including phenoxy) is 1. The summed E-state index contributed by atoms with van der Waals surface area (Å²) in [7, 11) is 2.10. The maximum absolute atomic E-state index is 13.0. The van der Waals surface area contributed by atoms with Crippen molar-refractivity contribution in [2.45, 2.75) is 0 Å². The second-order valence-electron chi connectivity index (χ2n) is 6.66. The first-order chi connectivity index (χ1) is 13.0. The molecule has 0 N–H and O–H groups in total. The van der Waals surface area contributed by atoms with Crippen molar-refractivity contribution in [2.24, 2.45) is 0 Å². The smallest absolute Gasteiger partial charge is 0.332 e. The molecule has 4 rings (SSSR count). The molecule has 2 aromatic carbocycles. The van der Waals surface area contributed by atoms with Gasteiger partial charge >= 0.3 is 5.52 Å². The molecule has 1 fully saturated rings. The van der Waals surface area contributed by atoms with Crippen LogP contribution in [0.1, 0.15) is 0 Å². The molecular weight excluding hydrogens is 480 g/mol. The Balaban J connectivity index is 1.77. The van der Waals surface area contributed by atoms with Crippen LogP contribution in [0.25, 0.3) is 22.1 Å². The van der Waals surface area contributed by atoms with Crippen molar-refractivity contribution >= 4 is 53.9 Å². The Labute approximate surface area is 173 Å². The molecule has 0 amide bonds. The summed E-state index contributed by atoms with van der Waals surface area (Å²) in [6.45, 7) is 4.16. The predicted molar refractivity (Wildman–Crippen MR) is 109 cm³/mol. The Bertz CT molecular complexity index is 1020. The average Bonchev–Trinajstić information content (AvgIpc) is 2.67. The summed E-state index contributed by atoms with van der Waals surface area (Å²) in [5.41, 5.74) is 1.10. The highest BCUT2D eigenvalue weighted by Crippen LogP contribution is 2.28. The minimum atomic E-state index is 0.239. The predicted octanol–water partition coefficient (Wildman–Crippen LogP) is 2.37. The van der Waals surface area contributed by atoms with Crippen molar-refractivity contribution in [1.82, 2.24) is 9.80 Å². The summed E-state index contributed by atoms with van der Waals surface area (Å²) in [5, 5.41) is 25.9. The van der Waals surface area contributed by atoms with Gasteiger partial charge in [-0.05, 0) is 45.0 Å². The summed E-state index contributed by atoms with van der Waals surface area (Å²) < 4.78 is 8.91. The molecule has 0 spiro atoms. The van der Waals surface area contributed by atoms with Crippen LogP contribution in [0.4, 0.5) is 0 Å². The molecule has 142 valence electrons. The Morgan fingerprint density at radius 3 is 2.26 bits per heavy atom. The second kappa shape index (κ2) is 7.38. The number of fused-ring (bicyclic) bond motifs is 2. The van der Waals surface area contributed by atoms with Crippen molar-refractivity contribution in [3.63, 3.8) is 0 Å². The SMILES string of the molecule is CN1CCN(COc2cccc3c2[n+]([O-])c2cc(Br)c(Br)cc2[n+]3[O-])CC1. The van der Waals surface area contributed by atoms with Gasteiger partial charge in [-0.15, -0.1) is 0 Å². The van der Waals surface area contributed by atoms with E-state index in [0.717, 1.165) is 35.6 Å². The minimum Gasteiger partial charge on any atom is -0.617 e. The normalized spacial score (nSPS) is 16.3. The van der Waals surface area contributed by atoms with E-state index in [1.54, 1.807) is 30.3 Å². The number of piperazine rings is 1. The van der Waals surface area contributed by atoms with E-state index in [9.17, 15) is 10.4 Å². The van der Waals surface area contributed by atoms with Crippen molar-refractivity contribution in [3.05, 3.63) is 49.7 Å². The zero-order valence-electron chi connectivity index (χ0n) is 14.7. The van der Waals surface area contributed by atoms with Crippen molar-refractivity contribution in [2.75, 3.05) is 40.0 Å². The van der Waals surface area contributed by atoms with E-state index in [2.05, 4.69) is 48.7 Å². The highest BCUT2D eigenvalue weighted by atomic mass is 79.9. The molecule has 3 aromatic rings. The molecule has 0 unspecified atom stereocenters. The maximum Gasteiger partial charge on any atom is 0.332 e. The van der Waals surface area contributed by atoms with Crippen LogP contribution < -0.4 is 14.2 Å². The van der Waals surface area contributed by atoms with E-state index in [1.165, 1.54) is 0 Å². The fourth-order valence-electron chi connectivity index (χ4n) is 3.23. The highest BCUT2D eigenvalue weighted by Gasteiger charge is 2.26.